The van der Waals surface area contributed by atoms with E-state index in [2.05, 4.69) is 5.32 Å². The van der Waals surface area contributed by atoms with Gasteiger partial charge in [-0.3, -0.25) is 9.59 Å². The number of rotatable bonds is 8. The van der Waals surface area contributed by atoms with Crippen LogP contribution in [0.15, 0.2) is 48.5 Å². The minimum Gasteiger partial charge on any atom is -0.352 e. The van der Waals surface area contributed by atoms with E-state index >= 15 is 0 Å². The van der Waals surface area contributed by atoms with Crippen molar-refractivity contribution in [1.82, 2.24) is 10.2 Å². The largest absolute Gasteiger partial charge is 0.352 e. The van der Waals surface area contributed by atoms with Crippen molar-refractivity contribution in [2.24, 2.45) is 0 Å². The van der Waals surface area contributed by atoms with Gasteiger partial charge in [0.2, 0.25) is 11.8 Å². The summed E-state index contributed by atoms with van der Waals surface area (Å²) < 4.78 is 0. The lowest BCUT2D eigenvalue weighted by Crippen LogP contribution is -2.50. The molecule has 1 atom stereocenters. The molecule has 0 bridgehead atoms. The molecule has 0 spiro atoms. The third kappa shape index (κ3) is 6.25. The molecule has 2 rings (SSSR count). The third-order valence-corrected chi connectivity index (χ3v) is 5.09. The molecule has 0 saturated carbocycles. The summed E-state index contributed by atoms with van der Waals surface area (Å²) in [5.74, 6) is -0.262. The van der Waals surface area contributed by atoms with Crippen LogP contribution in [0.4, 0.5) is 0 Å². The predicted molar refractivity (Wildman–Crippen MR) is 115 cm³/mol. The van der Waals surface area contributed by atoms with Crippen molar-refractivity contribution in [3.8, 4) is 0 Å². The SMILES string of the molecule is CC[C@H](C(=O)NC(C)C)N(Cc1ccc(Cl)c(Cl)c1)C(=O)Cc1ccccc1. The number of hydrogen-bond acceptors (Lipinski definition) is 2. The highest BCUT2D eigenvalue weighted by atomic mass is 35.5. The van der Waals surface area contributed by atoms with Gasteiger partial charge in [0.1, 0.15) is 6.04 Å². The molecule has 2 amide bonds. The van der Waals surface area contributed by atoms with Gasteiger partial charge in [0, 0.05) is 12.6 Å². The predicted octanol–water partition coefficient (Wildman–Crippen LogP) is 4.87. The minimum atomic E-state index is -0.562. The molecule has 0 aliphatic heterocycles. The summed E-state index contributed by atoms with van der Waals surface area (Å²) in [6.45, 7) is 5.99. The molecule has 28 heavy (non-hydrogen) atoms. The van der Waals surface area contributed by atoms with E-state index in [-0.39, 0.29) is 30.8 Å². The molecule has 0 heterocycles. The number of halogens is 2. The zero-order chi connectivity index (χ0) is 20.7. The Morgan fingerprint density at radius 3 is 2.25 bits per heavy atom. The first-order chi connectivity index (χ1) is 13.3. The van der Waals surface area contributed by atoms with Crippen LogP contribution >= 0.6 is 23.2 Å². The fraction of sp³-hybridized carbons (Fsp3) is 0.364. The van der Waals surface area contributed by atoms with E-state index < -0.39 is 6.04 Å². The van der Waals surface area contributed by atoms with Crippen molar-refractivity contribution < 1.29 is 9.59 Å². The van der Waals surface area contributed by atoms with Gasteiger partial charge in [0.15, 0.2) is 0 Å². The third-order valence-electron chi connectivity index (χ3n) is 4.35. The van der Waals surface area contributed by atoms with E-state index in [1.54, 1.807) is 17.0 Å². The Kier molecular flexibility index (Phi) is 8.34. The van der Waals surface area contributed by atoms with Crippen LogP contribution in [0.2, 0.25) is 10.0 Å². The lowest BCUT2D eigenvalue weighted by Gasteiger charge is -2.31. The fourth-order valence-electron chi connectivity index (χ4n) is 3.01. The Hall–Kier alpha value is -2.04. The normalized spacial score (nSPS) is 11.9. The Bertz CT molecular complexity index is 809. The van der Waals surface area contributed by atoms with Crippen molar-refractivity contribution in [3.05, 3.63) is 69.7 Å². The Balaban J connectivity index is 2.30. The van der Waals surface area contributed by atoms with Crippen molar-refractivity contribution in [1.29, 1.82) is 0 Å². The maximum Gasteiger partial charge on any atom is 0.243 e. The number of carbonyl (C=O) groups is 2. The molecule has 0 fully saturated rings. The standard InChI is InChI=1S/C22H26Cl2N2O2/c1-4-20(22(28)25-15(2)3)26(14-17-10-11-18(23)19(24)12-17)21(27)13-16-8-6-5-7-9-16/h5-12,15,20H,4,13-14H2,1-3H3,(H,25,28)/t20-/m1/s1. The van der Waals surface area contributed by atoms with Crippen LogP contribution in [-0.4, -0.2) is 28.8 Å². The van der Waals surface area contributed by atoms with Crippen LogP contribution in [0.5, 0.6) is 0 Å². The molecule has 2 aromatic rings. The number of amides is 2. The molecule has 0 aromatic heterocycles. The summed E-state index contributed by atoms with van der Waals surface area (Å²) in [5.41, 5.74) is 1.73. The number of nitrogens with zero attached hydrogens (tertiary/aromatic N) is 1. The van der Waals surface area contributed by atoms with Crippen LogP contribution in [-0.2, 0) is 22.6 Å². The van der Waals surface area contributed by atoms with Crippen molar-refractivity contribution in [3.63, 3.8) is 0 Å². The van der Waals surface area contributed by atoms with Gasteiger partial charge in [-0.25, -0.2) is 0 Å². The second kappa shape index (κ2) is 10.5. The smallest absolute Gasteiger partial charge is 0.243 e. The molecule has 0 saturated heterocycles. The molecule has 0 unspecified atom stereocenters. The number of nitrogens with one attached hydrogen (secondary N) is 1. The highest BCUT2D eigenvalue weighted by Crippen LogP contribution is 2.24. The summed E-state index contributed by atoms with van der Waals surface area (Å²) in [5, 5.41) is 3.80. The van der Waals surface area contributed by atoms with Crippen LogP contribution in [0.1, 0.15) is 38.3 Å². The topological polar surface area (TPSA) is 49.4 Å². The molecule has 4 nitrogen and oxygen atoms in total. The first kappa shape index (κ1) is 22.3. The lowest BCUT2D eigenvalue weighted by atomic mass is 10.1. The van der Waals surface area contributed by atoms with E-state index in [0.29, 0.717) is 16.5 Å². The van der Waals surface area contributed by atoms with Crippen molar-refractivity contribution in [2.45, 2.75) is 52.2 Å². The lowest BCUT2D eigenvalue weighted by molar-refractivity contribution is -0.141. The maximum absolute atomic E-state index is 13.1. The summed E-state index contributed by atoms with van der Waals surface area (Å²) in [7, 11) is 0. The Morgan fingerprint density at radius 1 is 1.00 bits per heavy atom. The first-order valence-corrected chi connectivity index (χ1v) is 10.1. The quantitative estimate of drug-likeness (QED) is 0.661. The molecule has 0 aliphatic carbocycles. The van der Waals surface area contributed by atoms with Gasteiger partial charge in [-0.15, -0.1) is 0 Å². The van der Waals surface area contributed by atoms with E-state index in [1.807, 2.05) is 57.2 Å². The molecule has 0 aliphatic rings. The van der Waals surface area contributed by atoms with Gasteiger partial charge in [-0.1, -0.05) is 66.5 Å². The Morgan fingerprint density at radius 2 is 1.68 bits per heavy atom. The summed E-state index contributed by atoms with van der Waals surface area (Å²) >= 11 is 12.1. The zero-order valence-electron chi connectivity index (χ0n) is 16.4. The zero-order valence-corrected chi connectivity index (χ0v) is 17.9. The fourth-order valence-corrected chi connectivity index (χ4v) is 3.33. The van der Waals surface area contributed by atoms with Crippen molar-refractivity contribution >= 4 is 35.0 Å². The van der Waals surface area contributed by atoms with Gasteiger partial charge in [0.05, 0.1) is 16.5 Å². The van der Waals surface area contributed by atoms with Crippen LogP contribution in [0.3, 0.4) is 0 Å². The minimum absolute atomic E-state index is 0.00222. The van der Waals surface area contributed by atoms with E-state index in [9.17, 15) is 9.59 Å². The van der Waals surface area contributed by atoms with Crippen LogP contribution in [0, 0.1) is 0 Å². The number of carbonyl (C=O) groups excluding carboxylic acids is 2. The Labute approximate surface area is 176 Å². The molecular formula is C22H26Cl2N2O2. The first-order valence-electron chi connectivity index (χ1n) is 9.39. The highest BCUT2D eigenvalue weighted by molar-refractivity contribution is 6.42. The average Bonchev–Trinajstić information content (AvgIpc) is 2.64. The molecule has 6 heteroatoms. The maximum atomic E-state index is 13.1. The van der Waals surface area contributed by atoms with E-state index in [0.717, 1.165) is 11.1 Å². The highest BCUT2D eigenvalue weighted by Gasteiger charge is 2.29. The molecule has 0 radical (unpaired) electrons. The second-order valence-corrected chi connectivity index (χ2v) is 7.83. The summed E-state index contributed by atoms with van der Waals surface area (Å²) in [4.78, 5) is 27.5. The number of hydrogen-bond donors (Lipinski definition) is 1. The monoisotopic (exact) mass is 420 g/mol. The summed E-state index contributed by atoms with van der Waals surface area (Å²) in [6, 6.07) is 14.2. The average molecular weight is 421 g/mol. The molecule has 2 aromatic carbocycles. The number of benzene rings is 2. The van der Waals surface area contributed by atoms with Gasteiger partial charge in [-0.05, 0) is 43.5 Å². The molecule has 150 valence electrons. The van der Waals surface area contributed by atoms with E-state index in [1.165, 1.54) is 0 Å². The molecule has 1 N–H and O–H groups in total. The van der Waals surface area contributed by atoms with Crippen LogP contribution in [0.25, 0.3) is 0 Å². The second-order valence-electron chi connectivity index (χ2n) is 7.02. The van der Waals surface area contributed by atoms with Gasteiger partial charge in [-0.2, -0.15) is 0 Å². The van der Waals surface area contributed by atoms with Crippen LogP contribution < -0.4 is 5.32 Å². The van der Waals surface area contributed by atoms with E-state index in [4.69, 9.17) is 23.2 Å². The molecular weight excluding hydrogens is 395 g/mol. The summed E-state index contributed by atoms with van der Waals surface area (Å²) in [6.07, 6.45) is 0.744. The van der Waals surface area contributed by atoms with Gasteiger partial charge < -0.3 is 10.2 Å². The van der Waals surface area contributed by atoms with Crippen molar-refractivity contribution in [2.75, 3.05) is 0 Å². The van der Waals surface area contributed by atoms with Gasteiger partial charge in [0.25, 0.3) is 0 Å². The van der Waals surface area contributed by atoms with Gasteiger partial charge >= 0.3 is 0 Å².